The molecular formula is C16H16N2O2. The van der Waals surface area contributed by atoms with Crippen molar-refractivity contribution in [1.29, 1.82) is 0 Å². The summed E-state index contributed by atoms with van der Waals surface area (Å²) in [5, 5.41) is 2.86. The largest absolute Gasteiger partial charge is 0.491 e. The number of fused-ring (bicyclic) bond motifs is 1. The average Bonchev–Trinajstić information content (AvgIpc) is 2.99. The molecule has 1 aromatic carbocycles. The number of carbonyl (C=O) groups excluding carboxylic acids is 1. The minimum Gasteiger partial charge on any atom is -0.491 e. The lowest BCUT2D eigenvalue weighted by molar-refractivity contribution is -0.110. The van der Waals surface area contributed by atoms with Gasteiger partial charge < -0.3 is 15.0 Å². The van der Waals surface area contributed by atoms with Crippen LogP contribution in [0.5, 0.6) is 5.75 Å². The molecule has 0 saturated heterocycles. The molecule has 1 aromatic heterocycles. The molecule has 102 valence electrons. The monoisotopic (exact) mass is 268 g/mol. The van der Waals surface area contributed by atoms with Gasteiger partial charge in [-0.05, 0) is 50.3 Å². The molecule has 0 radical (unpaired) electrons. The Morgan fingerprint density at radius 3 is 2.80 bits per heavy atom. The van der Waals surface area contributed by atoms with Crippen LogP contribution in [0.3, 0.4) is 0 Å². The summed E-state index contributed by atoms with van der Waals surface area (Å²) in [6, 6.07) is 9.48. The molecule has 2 aromatic rings. The molecule has 1 aliphatic heterocycles. The lowest BCUT2D eigenvalue weighted by atomic mass is 10.1. The summed E-state index contributed by atoms with van der Waals surface area (Å²) < 4.78 is 5.68. The summed E-state index contributed by atoms with van der Waals surface area (Å²) in [7, 11) is 0. The number of amides is 1. The Hall–Kier alpha value is -2.49. The summed E-state index contributed by atoms with van der Waals surface area (Å²) in [5.74, 6) is 0.684. The Labute approximate surface area is 117 Å². The molecule has 0 spiro atoms. The van der Waals surface area contributed by atoms with Gasteiger partial charge >= 0.3 is 0 Å². The van der Waals surface area contributed by atoms with Gasteiger partial charge in [0.25, 0.3) is 5.91 Å². The van der Waals surface area contributed by atoms with E-state index in [9.17, 15) is 4.79 Å². The molecule has 4 nitrogen and oxygen atoms in total. The number of carbonyl (C=O) groups is 1. The zero-order valence-corrected chi connectivity index (χ0v) is 11.4. The van der Waals surface area contributed by atoms with Crippen LogP contribution in [-0.4, -0.2) is 17.0 Å². The van der Waals surface area contributed by atoms with Gasteiger partial charge in [0.2, 0.25) is 0 Å². The van der Waals surface area contributed by atoms with Gasteiger partial charge in [0.15, 0.2) is 0 Å². The highest BCUT2D eigenvalue weighted by atomic mass is 16.5. The zero-order valence-electron chi connectivity index (χ0n) is 11.4. The summed E-state index contributed by atoms with van der Waals surface area (Å²) in [6.07, 6.45) is 3.78. The van der Waals surface area contributed by atoms with Gasteiger partial charge in [0, 0.05) is 23.1 Å². The topological polar surface area (TPSA) is 54.1 Å². The minimum atomic E-state index is -0.0868. The number of anilines is 1. The van der Waals surface area contributed by atoms with Gasteiger partial charge in [-0.2, -0.15) is 0 Å². The second-order valence-corrected chi connectivity index (χ2v) is 5.01. The first-order valence-electron chi connectivity index (χ1n) is 6.61. The van der Waals surface area contributed by atoms with Crippen molar-refractivity contribution in [2.24, 2.45) is 0 Å². The molecule has 1 amide bonds. The fourth-order valence-electron chi connectivity index (χ4n) is 2.25. The van der Waals surface area contributed by atoms with Gasteiger partial charge in [-0.25, -0.2) is 0 Å². The van der Waals surface area contributed by atoms with Gasteiger partial charge in [-0.1, -0.05) is 0 Å². The Morgan fingerprint density at radius 1 is 1.25 bits per heavy atom. The second kappa shape index (κ2) is 4.89. The third-order valence-electron chi connectivity index (χ3n) is 3.07. The van der Waals surface area contributed by atoms with E-state index in [2.05, 4.69) is 10.3 Å². The van der Waals surface area contributed by atoms with Crippen LogP contribution in [0.2, 0.25) is 0 Å². The van der Waals surface area contributed by atoms with E-state index in [1.807, 2.05) is 56.5 Å². The van der Waals surface area contributed by atoms with Crippen LogP contribution >= 0.6 is 0 Å². The minimum absolute atomic E-state index is 0.0868. The van der Waals surface area contributed by atoms with Crippen LogP contribution in [0.1, 0.15) is 25.1 Å². The van der Waals surface area contributed by atoms with Crippen LogP contribution in [0.4, 0.5) is 5.69 Å². The Bertz CT molecular complexity index is 670. The number of aromatic nitrogens is 1. The van der Waals surface area contributed by atoms with Gasteiger partial charge in [0.1, 0.15) is 5.75 Å². The van der Waals surface area contributed by atoms with Crippen molar-refractivity contribution in [3.05, 3.63) is 47.8 Å². The maximum absolute atomic E-state index is 12.1. The number of ether oxygens (including phenoxy) is 1. The molecule has 0 bridgehead atoms. The summed E-state index contributed by atoms with van der Waals surface area (Å²) in [4.78, 5) is 15.1. The van der Waals surface area contributed by atoms with Crippen molar-refractivity contribution in [1.82, 2.24) is 4.98 Å². The predicted molar refractivity (Wildman–Crippen MR) is 79.5 cm³/mol. The van der Waals surface area contributed by atoms with Gasteiger partial charge in [-0.3, -0.25) is 4.79 Å². The van der Waals surface area contributed by atoms with Crippen LogP contribution in [0, 0.1) is 0 Å². The van der Waals surface area contributed by atoms with Crippen molar-refractivity contribution in [2.45, 2.75) is 20.0 Å². The highest BCUT2D eigenvalue weighted by molar-refractivity contribution is 6.34. The Morgan fingerprint density at radius 2 is 2.10 bits per heavy atom. The highest BCUT2D eigenvalue weighted by Gasteiger charge is 2.24. The fraction of sp³-hybridized carbons (Fsp3) is 0.188. The molecule has 2 heterocycles. The smallest absolute Gasteiger partial charge is 0.256 e. The van der Waals surface area contributed by atoms with E-state index in [-0.39, 0.29) is 12.0 Å². The molecule has 20 heavy (non-hydrogen) atoms. The summed E-state index contributed by atoms with van der Waals surface area (Å²) >= 11 is 0. The number of H-pyrrole nitrogens is 1. The standard InChI is InChI=1S/C16H16N2O2/c1-10(2)20-12-5-6-15-13(9-12)14(16(19)18-15)8-11-4-3-7-17-11/h3-10,17H,1-2H3,(H,18,19)/b14-8-. The first-order valence-corrected chi connectivity index (χ1v) is 6.61. The third-order valence-corrected chi connectivity index (χ3v) is 3.07. The predicted octanol–water partition coefficient (Wildman–Crippen LogP) is 3.29. The molecular weight excluding hydrogens is 252 g/mol. The maximum atomic E-state index is 12.1. The number of hydrogen-bond donors (Lipinski definition) is 2. The Balaban J connectivity index is 2.02. The second-order valence-electron chi connectivity index (χ2n) is 5.01. The van der Waals surface area contributed by atoms with Crippen molar-refractivity contribution in [2.75, 3.05) is 5.32 Å². The number of hydrogen-bond acceptors (Lipinski definition) is 2. The molecule has 4 heteroatoms. The number of rotatable bonds is 3. The van der Waals surface area contributed by atoms with E-state index in [1.54, 1.807) is 0 Å². The van der Waals surface area contributed by atoms with Crippen molar-refractivity contribution < 1.29 is 9.53 Å². The van der Waals surface area contributed by atoms with E-state index < -0.39 is 0 Å². The lowest BCUT2D eigenvalue weighted by Gasteiger charge is -2.10. The fourth-order valence-corrected chi connectivity index (χ4v) is 2.25. The SMILES string of the molecule is CC(C)Oc1ccc2c(c1)/C(=C/c1ccc[nH]1)C(=O)N2. The molecule has 1 aliphatic rings. The van der Waals surface area contributed by atoms with Crippen molar-refractivity contribution in [3.8, 4) is 5.75 Å². The zero-order chi connectivity index (χ0) is 14.1. The van der Waals surface area contributed by atoms with Gasteiger partial charge in [-0.15, -0.1) is 0 Å². The molecule has 0 fully saturated rings. The van der Waals surface area contributed by atoms with Crippen molar-refractivity contribution >= 4 is 23.2 Å². The Kier molecular flexibility index (Phi) is 3.06. The number of aromatic amines is 1. The van der Waals surface area contributed by atoms with E-state index in [4.69, 9.17) is 4.74 Å². The summed E-state index contributed by atoms with van der Waals surface area (Å²) in [5.41, 5.74) is 3.25. The highest BCUT2D eigenvalue weighted by Crippen LogP contribution is 2.35. The average molecular weight is 268 g/mol. The molecule has 0 unspecified atom stereocenters. The quantitative estimate of drug-likeness (QED) is 0.839. The number of nitrogens with one attached hydrogen (secondary N) is 2. The maximum Gasteiger partial charge on any atom is 0.256 e. The molecule has 0 saturated carbocycles. The summed E-state index contributed by atoms with van der Waals surface area (Å²) in [6.45, 7) is 3.96. The van der Waals surface area contributed by atoms with Crippen molar-refractivity contribution in [3.63, 3.8) is 0 Å². The molecule has 3 rings (SSSR count). The van der Waals surface area contributed by atoms with E-state index in [0.29, 0.717) is 5.57 Å². The first kappa shape index (κ1) is 12.5. The van der Waals surface area contributed by atoms with Crippen LogP contribution in [0.25, 0.3) is 11.6 Å². The first-order chi connectivity index (χ1) is 9.63. The molecule has 0 aliphatic carbocycles. The van der Waals surface area contributed by atoms with E-state index in [1.165, 1.54) is 0 Å². The van der Waals surface area contributed by atoms with Crippen LogP contribution in [0.15, 0.2) is 36.5 Å². The normalized spacial score (nSPS) is 15.6. The van der Waals surface area contributed by atoms with Crippen LogP contribution < -0.4 is 10.1 Å². The van der Waals surface area contributed by atoms with Gasteiger partial charge in [0.05, 0.1) is 11.7 Å². The number of benzene rings is 1. The third kappa shape index (κ3) is 2.32. The molecule has 2 N–H and O–H groups in total. The van der Waals surface area contributed by atoms with E-state index in [0.717, 1.165) is 22.7 Å². The van der Waals surface area contributed by atoms with E-state index >= 15 is 0 Å². The van der Waals surface area contributed by atoms with Crippen LogP contribution in [-0.2, 0) is 4.79 Å². The molecule has 0 atom stereocenters. The lowest BCUT2D eigenvalue weighted by Crippen LogP contribution is -2.05.